The van der Waals surface area contributed by atoms with E-state index in [2.05, 4.69) is 17.2 Å². The summed E-state index contributed by atoms with van der Waals surface area (Å²) in [6, 6.07) is 1.94. The van der Waals surface area contributed by atoms with Gasteiger partial charge in [-0.15, -0.1) is 6.58 Å². The van der Waals surface area contributed by atoms with Gasteiger partial charge in [-0.3, -0.25) is 14.5 Å². The first-order valence-electron chi connectivity index (χ1n) is 11.6. The molecule has 0 fully saturated rings. The number of carbonyl (C=O) groups is 3. The van der Waals surface area contributed by atoms with Crippen LogP contribution in [-0.4, -0.2) is 52.8 Å². The van der Waals surface area contributed by atoms with E-state index in [4.69, 9.17) is 0 Å². The van der Waals surface area contributed by atoms with Crippen LogP contribution in [-0.2, 0) is 15.8 Å². The number of nitrogens with zero attached hydrogens (tertiary/aromatic N) is 2. The number of hydrogen-bond acceptors (Lipinski definition) is 3. The molecule has 35 heavy (non-hydrogen) atoms. The van der Waals surface area contributed by atoms with Crippen LogP contribution >= 0.6 is 0 Å². The first kappa shape index (κ1) is 26.3. The van der Waals surface area contributed by atoms with E-state index in [0.717, 1.165) is 6.07 Å². The minimum Gasteiger partial charge on any atom is -0.352 e. The minimum absolute atomic E-state index is 0.0363. The molecule has 2 N–H and O–H groups in total. The molecule has 0 bridgehead atoms. The van der Waals surface area contributed by atoms with Crippen molar-refractivity contribution in [2.24, 2.45) is 5.92 Å². The summed E-state index contributed by atoms with van der Waals surface area (Å²) in [6.45, 7) is 11.1. The lowest BCUT2D eigenvalue weighted by Gasteiger charge is -2.33. The van der Waals surface area contributed by atoms with Crippen LogP contribution in [0.1, 0.15) is 51.3 Å². The second kappa shape index (κ2) is 10.1. The topological polar surface area (TPSA) is 81.8 Å². The number of alkyl halides is 3. The van der Waals surface area contributed by atoms with Gasteiger partial charge in [-0.05, 0) is 37.8 Å². The van der Waals surface area contributed by atoms with Gasteiger partial charge in [0, 0.05) is 12.6 Å². The highest BCUT2D eigenvalue weighted by molar-refractivity contribution is 6.03. The Balaban J connectivity index is 2.11. The van der Waals surface area contributed by atoms with Crippen LogP contribution in [0.2, 0.25) is 0 Å². The molecular weight excluding hydrogens is 461 g/mol. The van der Waals surface area contributed by atoms with Crippen LogP contribution in [0, 0.1) is 5.92 Å². The van der Waals surface area contributed by atoms with Crippen molar-refractivity contribution >= 4 is 17.8 Å². The Morgan fingerprint density at radius 1 is 1.23 bits per heavy atom. The van der Waals surface area contributed by atoms with E-state index in [9.17, 15) is 27.6 Å². The van der Waals surface area contributed by atoms with E-state index >= 15 is 0 Å². The van der Waals surface area contributed by atoms with Crippen molar-refractivity contribution in [3.05, 3.63) is 59.3 Å². The third-order valence-electron chi connectivity index (χ3n) is 5.94. The molecule has 3 rings (SSSR count). The summed E-state index contributed by atoms with van der Waals surface area (Å²) in [4.78, 5) is 42.4. The lowest BCUT2D eigenvalue weighted by atomic mass is 9.91. The van der Waals surface area contributed by atoms with Crippen molar-refractivity contribution in [3.63, 3.8) is 0 Å². The van der Waals surface area contributed by atoms with Gasteiger partial charge in [0.2, 0.25) is 5.91 Å². The molecule has 2 aliphatic heterocycles. The highest BCUT2D eigenvalue weighted by Crippen LogP contribution is 2.42. The van der Waals surface area contributed by atoms with Gasteiger partial charge in [-0.1, -0.05) is 38.1 Å². The quantitative estimate of drug-likeness (QED) is 0.539. The molecule has 4 amide bonds. The number of halogens is 3. The SMILES string of the molecule is C=CCN1C(=O)N[C@H](c2ccccc2C(F)(F)F)C2=C1CN([C@@H](CC(C)C)C(=O)NC(C)C)C2=O. The van der Waals surface area contributed by atoms with E-state index in [1.807, 2.05) is 13.8 Å². The number of carbonyl (C=O) groups excluding carboxylic acids is 3. The zero-order chi connectivity index (χ0) is 26.1. The second-order valence-electron chi connectivity index (χ2n) is 9.47. The van der Waals surface area contributed by atoms with Crippen LogP contribution in [0.4, 0.5) is 18.0 Å². The van der Waals surface area contributed by atoms with Crippen LogP contribution in [0.25, 0.3) is 0 Å². The number of hydrogen-bond donors (Lipinski definition) is 2. The fraction of sp³-hybridized carbons (Fsp3) is 0.480. The number of nitrogens with one attached hydrogen (secondary N) is 2. The maximum atomic E-state index is 13.8. The molecule has 0 aliphatic carbocycles. The third-order valence-corrected chi connectivity index (χ3v) is 5.94. The summed E-state index contributed by atoms with van der Waals surface area (Å²) in [5.74, 6) is -0.849. The average Bonchev–Trinajstić information content (AvgIpc) is 3.09. The van der Waals surface area contributed by atoms with E-state index < -0.39 is 35.8 Å². The molecule has 190 valence electrons. The van der Waals surface area contributed by atoms with E-state index in [0.29, 0.717) is 6.42 Å². The molecule has 2 heterocycles. The van der Waals surface area contributed by atoms with Gasteiger partial charge in [0.1, 0.15) is 6.04 Å². The fourth-order valence-electron chi connectivity index (χ4n) is 4.53. The maximum Gasteiger partial charge on any atom is 0.416 e. The Morgan fingerprint density at radius 2 is 1.89 bits per heavy atom. The van der Waals surface area contributed by atoms with E-state index in [-0.39, 0.29) is 47.8 Å². The molecule has 0 radical (unpaired) electrons. The predicted octanol–water partition coefficient (Wildman–Crippen LogP) is 3.99. The van der Waals surface area contributed by atoms with Crippen LogP contribution < -0.4 is 10.6 Å². The van der Waals surface area contributed by atoms with Gasteiger partial charge in [-0.25, -0.2) is 4.79 Å². The minimum atomic E-state index is -4.68. The molecule has 10 heteroatoms. The highest BCUT2D eigenvalue weighted by atomic mass is 19.4. The number of urea groups is 1. The average molecular weight is 493 g/mol. The standard InChI is InChI=1S/C25H31F3N4O3/c1-6-11-31-19-13-32(18(12-14(2)3)22(33)29-15(4)5)23(34)20(19)21(30-24(31)35)16-9-7-8-10-17(16)25(26,27)28/h6-10,14-15,18,21H,1,11-13H2,2-5H3,(H,29,33)(H,30,35)/t18-,21+/m0/s1. The smallest absolute Gasteiger partial charge is 0.352 e. The Morgan fingerprint density at radius 3 is 2.46 bits per heavy atom. The lowest BCUT2D eigenvalue weighted by Crippen LogP contribution is -2.50. The molecular formula is C25H31F3N4O3. The number of benzene rings is 1. The van der Waals surface area contributed by atoms with E-state index in [1.165, 1.54) is 34.1 Å². The van der Waals surface area contributed by atoms with Crippen LogP contribution in [0.5, 0.6) is 0 Å². The maximum absolute atomic E-state index is 13.8. The molecule has 2 atom stereocenters. The molecule has 2 aliphatic rings. The van der Waals surface area contributed by atoms with Gasteiger partial charge < -0.3 is 15.5 Å². The zero-order valence-corrected chi connectivity index (χ0v) is 20.3. The largest absolute Gasteiger partial charge is 0.416 e. The molecule has 7 nitrogen and oxygen atoms in total. The van der Waals surface area contributed by atoms with Crippen molar-refractivity contribution in [1.29, 1.82) is 0 Å². The summed E-state index contributed by atoms with van der Waals surface area (Å²) in [5.41, 5.74) is -0.834. The normalized spacial score (nSPS) is 19.3. The van der Waals surface area contributed by atoms with Crippen molar-refractivity contribution in [3.8, 4) is 0 Å². The van der Waals surface area contributed by atoms with Crippen LogP contribution in [0.3, 0.4) is 0 Å². The van der Waals surface area contributed by atoms with Crippen molar-refractivity contribution in [1.82, 2.24) is 20.4 Å². The monoisotopic (exact) mass is 492 g/mol. The Hall–Kier alpha value is -3.30. The predicted molar refractivity (Wildman–Crippen MR) is 125 cm³/mol. The molecule has 1 aromatic carbocycles. The van der Waals surface area contributed by atoms with Crippen molar-refractivity contribution < 1.29 is 27.6 Å². The Labute approximate surface area is 203 Å². The summed E-state index contributed by atoms with van der Waals surface area (Å²) >= 11 is 0. The van der Waals surface area contributed by atoms with Gasteiger partial charge in [-0.2, -0.15) is 13.2 Å². The first-order chi connectivity index (χ1) is 16.4. The molecule has 1 aromatic rings. The molecule has 0 unspecified atom stereocenters. The lowest BCUT2D eigenvalue weighted by molar-refractivity contribution is -0.139. The van der Waals surface area contributed by atoms with Crippen molar-refractivity contribution in [2.75, 3.05) is 13.1 Å². The second-order valence-corrected chi connectivity index (χ2v) is 9.47. The number of rotatable bonds is 8. The summed E-state index contributed by atoms with van der Waals surface area (Å²) in [5, 5.41) is 5.41. The van der Waals surface area contributed by atoms with Gasteiger partial charge in [0.25, 0.3) is 5.91 Å². The molecule has 0 spiro atoms. The van der Waals surface area contributed by atoms with Crippen molar-refractivity contribution in [2.45, 2.75) is 58.4 Å². The third kappa shape index (κ3) is 5.36. The van der Waals surface area contributed by atoms with Crippen LogP contribution in [0.15, 0.2) is 48.2 Å². The number of amides is 4. The first-order valence-corrected chi connectivity index (χ1v) is 11.6. The van der Waals surface area contributed by atoms with Gasteiger partial charge >= 0.3 is 12.2 Å². The summed E-state index contributed by atoms with van der Waals surface area (Å²) in [6.07, 6.45) is -2.85. The molecule has 0 saturated carbocycles. The Kier molecular flexibility index (Phi) is 7.62. The molecule has 0 aromatic heterocycles. The highest BCUT2D eigenvalue weighted by Gasteiger charge is 2.48. The van der Waals surface area contributed by atoms with E-state index in [1.54, 1.807) is 13.8 Å². The summed E-state index contributed by atoms with van der Waals surface area (Å²) < 4.78 is 41.4. The summed E-state index contributed by atoms with van der Waals surface area (Å²) in [7, 11) is 0. The Bertz CT molecular complexity index is 1050. The van der Waals surface area contributed by atoms with Gasteiger partial charge in [0.05, 0.1) is 29.4 Å². The zero-order valence-electron chi connectivity index (χ0n) is 20.3. The molecule has 0 saturated heterocycles. The fourth-order valence-corrected chi connectivity index (χ4v) is 4.53. The van der Waals surface area contributed by atoms with Gasteiger partial charge in [0.15, 0.2) is 0 Å².